The lowest BCUT2D eigenvalue weighted by Gasteiger charge is -2.22. The Bertz CT molecular complexity index is 325. The zero-order valence-electron chi connectivity index (χ0n) is 14.4. The van der Waals surface area contributed by atoms with Crippen LogP contribution < -0.4 is 0 Å². The molecule has 5 heteroatoms. The van der Waals surface area contributed by atoms with E-state index in [-0.39, 0.29) is 6.42 Å². The number of hydrogen-bond donors (Lipinski definition) is 4. The second-order valence-electron chi connectivity index (χ2n) is 6.21. The summed E-state index contributed by atoms with van der Waals surface area (Å²) in [5.41, 5.74) is 0. The molecule has 1 unspecified atom stereocenters. The van der Waals surface area contributed by atoms with Gasteiger partial charge in [0, 0.05) is 0 Å². The highest BCUT2D eigenvalue weighted by atomic mass is 16.6. The van der Waals surface area contributed by atoms with Crippen LogP contribution in [0.4, 0.5) is 0 Å². The molecule has 0 heterocycles. The maximum Gasteiger partial charge on any atom is 0.366 e. The third kappa shape index (κ3) is 11.3. The number of aliphatic hydroxyl groups excluding tert-OH is 1. The second kappa shape index (κ2) is 13.5. The van der Waals surface area contributed by atoms with E-state index in [1.807, 2.05) is 0 Å². The number of unbranched alkanes of at least 4 members (excludes halogenated alkanes) is 9. The summed E-state index contributed by atoms with van der Waals surface area (Å²) in [6.07, 6.45) is 15.1. The molecule has 23 heavy (non-hydrogen) atoms. The number of allylic oxidation sites excluding steroid dienone is 2. The predicted molar refractivity (Wildman–Crippen MR) is 91.0 cm³/mol. The fourth-order valence-electron chi connectivity index (χ4n) is 2.40. The molecule has 0 radical (unpaired) electrons. The van der Waals surface area contributed by atoms with E-state index in [2.05, 4.69) is 19.1 Å². The lowest BCUT2D eigenvalue weighted by atomic mass is 10.0. The number of carboxylic acids is 1. The molecule has 0 aromatic heterocycles. The molecule has 0 saturated heterocycles. The second-order valence-corrected chi connectivity index (χ2v) is 6.21. The van der Waals surface area contributed by atoms with Gasteiger partial charge in [0.1, 0.15) is 6.10 Å². The minimum absolute atomic E-state index is 0.0763. The van der Waals surface area contributed by atoms with Gasteiger partial charge in [-0.2, -0.15) is 0 Å². The molecule has 5 nitrogen and oxygen atoms in total. The number of aliphatic hydroxyl groups is 3. The van der Waals surface area contributed by atoms with Crippen LogP contribution in [0.3, 0.4) is 0 Å². The topological polar surface area (TPSA) is 98.0 Å². The van der Waals surface area contributed by atoms with Crippen LogP contribution in [0.1, 0.15) is 84.0 Å². The molecule has 0 aliphatic rings. The summed E-state index contributed by atoms with van der Waals surface area (Å²) in [6.45, 7) is 2.22. The van der Waals surface area contributed by atoms with Crippen LogP contribution in [0.2, 0.25) is 0 Å². The molecule has 0 aliphatic heterocycles. The summed E-state index contributed by atoms with van der Waals surface area (Å²) < 4.78 is 0. The Hall–Kier alpha value is -0.910. The summed E-state index contributed by atoms with van der Waals surface area (Å²) in [6, 6.07) is 0. The van der Waals surface area contributed by atoms with Crippen LogP contribution >= 0.6 is 0 Å². The number of hydrogen-bond acceptors (Lipinski definition) is 4. The first-order valence-electron chi connectivity index (χ1n) is 8.94. The first-order valence-corrected chi connectivity index (χ1v) is 8.94. The van der Waals surface area contributed by atoms with Crippen LogP contribution in [0.5, 0.6) is 0 Å². The van der Waals surface area contributed by atoms with Crippen molar-refractivity contribution in [1.82, 2.24) is 0 Å². The van der Waals surface area contributed by atoms with E-state index >= 15 is 0 Å². The van der Waals surface area contributed by atoms with Gasteiger partial charge in [0.05, 0.1) is 0 Å². The standard InChI is InChI=1S/C18H34O5/c1-2-3-4-5-6-7-8-9-10-11-12-13-14-15-16(19)18(22,23)17(20)21/h8-9,16,19,22-23H,2-7,10-15H2,1H3,(H,20,21)/b9-8+. The number of carboxylic acid groups (broad SMARTS) is 1. The van der Waals surface area contributed by atoms with Crippen molar-refractivity contribution >= 4 is 5.97 Å². The molecule has 1 atom stereocenters. The molecule has 0 saturated carbocycles. The van der Waals surface area contributed by atoms with Crippen molar-refractivity contribution in [3.63, 3.8) is 0 Å². The quantitative estimate of drug-likeness (QED) is 0.210. The van der Waals surface area contributed by atoms with E-state index in [9.17, 15) is 9.90 Å². The van der Waals surface area contributed by atoms with Crippen LogP contribution in [-0.4, -0.2) is 38.3 Å². The van der Waals surface area contributed by atoms with E-state index < -0.39 is 17.9 Å². The van der Waals surface area contributed by atoms with Gasteiger partial charge in [0.25, 0.3) is 5.79 Å². The van der Waals surface area contributed by atoms with Crippen LogP contribution in [-0.2, 0) is 4.79 Å². The lowest BCUT2D eigenvalue weighted by Crippen LogP contribution is -2.49. The molecule has 0 fully saturated rings. The monoisotopic (exact) mass is 330 g/mol. The van der Waals surface area contributed by atoms with Crippen molar-refractivity contribution in [2.45, 2.75) is 95.9 Å². The molecule has 0 bridgehead atoms. The van der Waals surface area contributed by atoms with Gasteiger partial charge in [0.15, 0.2) is 0 Å². The van der Waals surface area contributed by atoms with Gasteiger partial charge < -0.3 is 20.4 Å². The fraction of sp³-hybridized carbons (Fsp3) is 0.833. The van der Waals surface area contributed by atoms with Gasteiger partial charge in [-0.3, -0.25) is 0 Å². The van der Waals surface area contributed by atoms with Crippen LogP contribution in [0.25, 0.3) is 0 Å². The highest BCUT2D eigenvalue weighted by molar-refractivity contribution is 5.75. The van der Waals surface area contributed by atoms with E-state index in [0.29, 0.717) is 6.42 Å². The normalized spacial score (nSPS) is 13.6. The number of carbonyl (C=O) groups is 1. The number of aliphatic carboxylic acids is 1. The van der Waals surface area contributed by atoms with Crippen molar-refractivity contribution in [3.8, 4) is 0 Å². The smallest absolute Gasteiger partial charge is 0.366 e. The third-order valence-corrected chi connectivity index (χ3v) is 4.02. The van der Waals surface area contributed by atoms with Crippen molar-refractivity contribution in [2.75, 3.05) is 0 Å². The van der Waals surface area contributed by atoms with E-state index in [1.54, 1.807) is 0 Å². The first-order chi connectivity index (χ1) is 10.9. The zero-order chi connectivity index (χ0) is 17.6. The summed E-state index contributed by atoms with van der Waals surface area (Å²) in [7, 11) is 0. The lowest BCUT2D eigenvalue weighted by molar-refractivity contribution is -0.237. The summed E-state index contributed by atoms with van der Waals surface area (Å²) >= 11 is 0. The highest BCUT2D eigenvalue weighted by Gasteiger charge is 2.41. The Kier molecular flexibility index (Phi) is 13.0. The molecule has 0 aliphatic carbocycles. The van der Waals surface area contributed by atoms with Crippen LogP contribution in [0, 0.1) is 0 Å². The van der Waals surface area contributed by atoms with E-state index in [1.165, 1.54) is 32.1 Å². The Morgan fingerprint density at radius 2 is 1.39 bits per heavy atom. The average Bonchev–Trinajstić information content (AvgIpc) is 2.51. The average molecular weight is 330 g/mol. The highest BCUT2D eigenvalue weighted by Crippen LogP contribution is 2.15. The molecule has 0 aromatic rings. The van der Waals surface area contributed by atoms with Gasteiger partial charge >= 0.3 is 5.97 Å². The van der Waals surface area contributed by atoms with E-state index in [4.69, 9.17) is 15.3 Å². The summed E-state index contributed by atoms with van der Waals surface area (Å²) in [5, 5.41) is 36.3. The SMILES string of the molecule is CCCCCCC/C=C/CCCCCCC(O)C(O)(O)C(=O)O. The molecular weight excluding hydrogens is 296 g/mol. The van der Waals surface area contributed by atoms with Crippen LogP contribution in [0.15, 0.2) is 12.2 Å². The maximum absolute atomic E-state index is 10.5. The Labute approximate surface area is 140 Å². The van der Waals surface area contributed by atoms with Gasteiger partial charge in [-0.1, -0.05) is 64.0 Å². The molecule has 0 rings (SSSR count). The first kappa shape index (κ1) is 22.1. The zero-order valence-corrected chi connectivity index (χ0v) is 14.4. The molecule has 0 aromatic carbocycles. The number of rotatable bonds is 15. The van der Waals surface area contributed by atoms with Crippen molar-refractivity contribution in [3.05, 3.63) is 12.2 Å². The van der Waals surface area contributed by atoms with E-state index in [0.717, 1.165) is 32.1 Å². The van der Waals surface area contributed by atoms with Gasteiger partial charge in [0.2, 0.25) is 0 Å². The van der Waals surface area contributed by atoms with Gasteiger partial charge in [-0.05, 0) is 32.1 Å². The molecule has 0 amide bonds. The fourth-order valence-corrected chi connectivity index (χ4v) is 2.40. The van der Waals surface area contributed by atoms with Gasteiger partial charge in [-0.25, -0.2) is 4.79 Å². The summed E-state index contributed by atoms with van der Waals surface area (Å²) in [4.78, 5) is 10.5. The van der Waals surface area contributed by atoms with Crippen molar-refractivity contribution < 1.29 is 25.2 Å². The Morgan fingerprint density at radius 3 is 1.87 bits per heavy atom. The Morgan fingerprint density at radius 1 is 0.913 bits per heavy atom. The minimum Gasteiger partial charge on any atom is -0.477 e. The molecule has 0 spiro atoms. The largest absolute Gasteiger partial charge is 0.477 e. The molecule has 4 N–H and O–H groups in total. The molecule has 136 valence electrons. The van der Waals surface area contributed by atoms with Crippen molar-refractivity contribution in [2.24, 2.45) is 0 Å². The maximum atomic E-state index is 10.5. The van der Waals surface area contributed by atoms with Gasteiger partial charge in [-0.15, -0.1) is 0 Å². The third-order valence-electron chi connectivity index (χ3n) is 4.02. The molecular formula is C18H34O5. The predicted octanol–water partition coefficient (Wildman–Crippen LogP) is 3.37. The Balaban J connectivity index is 3.44. The van der Waals surface area contributed by atoms with Crippen molar-refractivity contribution in [1.29, 1.82) is 0 Å². The minimum atomic E-state index is -3.04. The summed E-state index contributed by atoms with van der Waals surface area (Å²) in [5.74, 6) is -4.86.